The fourth-order valence-corrected chi connectivity index (χ4v) is 1.18. The third-order valence-electron chi connectivity index (χ3n) is 2.21. The highest BCUT2D eigenvalue weighted by Crippen LogP contribution is 2.22. The Hall–Kier alpha value is -1.58. The molecule has 4 heteroatoms. The molecule has 0 aromatic heterocycles. The molecule has 0 radical (unpaired) electrons. The number of methoxy groups -OCH3 is 2. The maximum Gasteiger partial charge on any atom is 0.326 e. The van der Waals surface area contributed by atoms with E-state index in [0.29, 0.717) is 6.42 Å². The highest BCUT2D eigenvalue weighted by atomic mass is 16.5. The minimum absolute atomic E-state index is 0.630. The first-order valence-electron chi connectivity index (χ1n) is 4.98. The van der Waals surface area contributed by atoms with E-state index in [4.69, 9.17) is 0 Å². The van der Waals surface area contributed by atoms with Gasteiger partial charge >= 0.3 is 11.9 Å². The highest BCUT2D eigenvalue weighted by molar-refractivity contribution is 6.01. The third-order valence-corrected chi connectivity index (χ3v) is 2.21. The molecule has 0 aliphatic carbocycles. The Bertz CT molecular complexity index is 275. The number of hydrogen-bond donors (Lipinski definition) is 0. The van der Waals surface area contributed by atoms with Gasteiger partial charge in [0.05, 0.1) is 14.2 Å². The topological polar surface area (TPSA) is 52.6 Å². The van der Waals surface area contributed by atoms with Crippen LogP contribution < -0.4 is 0 Å². The lowest BCUT2D eigenvalue weighted by molar-refractivity contribution is -0.163. The van der Waals surface area contributed by atoms with Gasteiger partial charge in [0.1, 0.15) is 0 Å². The van der Waals surface area contributed by atoms with Gasteiger partial charge in [0, 0.05) is 0 Å². The number of unbranched alkanes of at least 4 members (excludes halogenated alkanes) is 1. The van der Waals surface area contributed by atoms with Crippen molar-refractivity contribution in [3.05, 3.63) is 24.8 Å². The van der Waals surface area contributed by atoms with Crippen molar-refractivity contribution in [3.63, 3.8) is 0 Å². The quantitative estimate of drug-likeness (QED) is 0.300. The maximum atomic E-state index is 11.5. The molecule has 0 unspecified atom stereocenters. The average Bonchev–Trinajstić information content (AvgIpc) is 2.32. The van der Waals surface area contributed by atoms with Crippen LogP contribution in [-0.4, -0.2) is 26.2 Å². The van der Waals surface area contributed by atoms with E-state index < -0.39 is 17.4 Å². The fraction of sp³-hybridized carbons (Fsp3) is 0.500. The zero-order valence-electron chi connectivity index (χ0n) is 9.99. The predicted molar refractivity (Wildman–Crippen MR) is 60.7 cm³/mol. The number of carbonyl (C=O) groups excluding carboxylic acids is 2. The summed E-state index contributed by atoms with van der Waals surface area (Å²) in [7, 11) is 2.47. The van der Waals surface area contributed by atoms with Crippen LogP contribution in [0, 0.1) is 5.41 Å². The molecule has 0 saturated carbocycles. The molecular weight excluding hydrogens is 208 g/mol. The highest BCUT2D eigenvalue weighted by Gasteiger charge is 2.41. The van der Waals surface area contributed by atoms with Crippen LogP contribution in [0.4, 0.5) is 0 Å². The summed E-state index contributed by atoms with van der Waals surface area (Å²) in [5.41, 5.74) is -1.37. The molecule has 0 fully saturated rings. The van der Waals surface area contributed by atoms with E-state index in [2.05, 4.69) is 16.1 Å². The summed E-state index contributed by atoms with van der Waals surface area (Å²) in [6.45, 7) is 5.05. The third kappa shape index (κ3) is 3.53. The molecule has 0 atom stereocenters. The van der Waals surface area contributed by atoms with E-state index in [9.17, 15) is 9.59 Å². The van der Waals surface area contributed by atoms with Crippen molar-refractivity contribution in [2.24, 2.45) is 5.41 Å². The van der Waals surface area contributed by atoms with Crippen LogP contribution in [0.2, 0.25) is 0 Å². The lowest BCUT2D eigenvalue weighted by Gasteiger charge is -2.19. The first-order chi connectivity index (χ1) is 7.52. The number of esters is 2. The first-order valence-corrected chi connectivity index (χ1v) is 4.98. The van der Waals surface area contributed by atoms with Crippen molar-refractivity contribution in [2.75, 3.05) is 14.2 Å². The predicted octanol–water partition coefficient (Wildman–Crippen LogP) is 1.86. The summed E-state index contributed by atoms with van der Waals surface area (Å²) >= 11 is 0. The van der Waals surface area contributed by atoms with Gasteiger partial charge in [0.25, 0.3) is 0 Å². The summed E-state index contributed by atoms with van der Waals surface area (Å²) in [6.07, 6.45) is 6.52. The second kappa shape index (κ2) is 6.82. The van der Waals surface area contributed by atoms with Gasteiger partial charge in [-0.2, -0.15) is 0 Å². The molecule has 90 valence electrons. The Labute approximate surface area is 95.9 Å². The van der Waals surface area contributed by atoms with E-state index in [0.717, 1.165) is 6.42 Å². The van der Waals surface area contributed by atoms with Crippen LogP contribution >= 0.6 is 0 Å². The van der Waals surface area contributed by atoms with Gasteiger partial charge in [-0.1, -0.05) is 18.2 Å². The van der Waals surface area contributed by atoms with E-state index in [1.807, 2.05) is 0 Å². The lowest BCUT2D eigenvalue weighted by atomic mass is 9.90. The zero-order valence-corrected chi connectivity index (χ0v) is 9.99. The monoisotopic (exact) mass is 226 g/mol. The first kappa shape index (κ1) is 14.4. The molecule has 0 spiro atoms. The largest absolute Gasteiger partial charge is 0.468 e. The second-order valence-electron chi connectivity index (χ2n) is 3.45. The molecule has 16 heavy (non-hydrogen) atoms. The van der Waals surface area contributed by atoms with Crippen LogP contribution in [0.25, 0.3) is 0 Å². The van der Waals surface area contributed by atoms with E-state index in [-0.39, 0.29) is 0 Å². The Morgan fingerprint density at radius 3 is 2.06 bits per heavy atom. The molecule has 0 heterocycles. The second-order valence-corrected chi connectivity index (χ2v) is 3.45. The van der Waals surface area contributed by atoms with Crippen molar-refractivity contribution < 1.29 is 19.1 Å². The van der Waals surface area contributed by atoms with Gasteiger partial charge in [0.2, 0.25) is 0 Å². The van der Waals surface area contributed by atoms with Gasteiger partial charge in [-0.25, -0.2) is 0 Å². The van der Waals surface area contributed by atoms with Crippen molar-refractivity contribution in [1.29, 1.82) is 0 Å². The van der Waals surface area contributed by atoms with Crippen LogP contribution in [0.1, 0.15) is 19.8 Å². The van der Waals surface area contributed by atoms with Crippen LogP contribution in [-0.2, 0) is 19.1 Å². The number of carbonyl (C=O) groups is 2. The minimum atomic E-state index is -1.37. The van der Waals surface area contributed by atoms with Crippen molar-refractivity contribution in [1.82, 2.24) is 0 Å². The maximum absolute atomic E-state index is 11.5. The molecule has 0 N–H and O–H groups in total. The van der Waals surface area contributed by atoms with Gasteiger partial charge in [-0.05, 0) is 19.8 Å². The van der Waals surface area contributed by atoms with Gasteiger partial charge in [0.15, 0.2) is 5.41 Å². The summed E-state index contributed by atoms with van der Waals surface area (Å²) in [5, 5.41) is 0. The Kier molecular flexibility index (Phi) is 6.15. The summed E-state index contributed by atoms with van der Waals surface area (Å²) < 4.78 is 9.17. The summed E-state index contributed by atoms with van der Waals surface area (Å²) in [6, 6.07) is 0. The van der Waals surface area contributed by atoms with Crippen LogP contribution in [0.5, 0.6) is 0 Å². The number of allylic oxidation sites excluding steroid dienone is 2. The molecule has 0 aliphatic heterocycles. The molecule has 0 aromatic rings. The van der Waals surface area contributed by atoms with E-state index >= 15 is 0 Å². The average molecular weight is 226 g/mol. The van der Waals surface area contributed by atoms with Crippen molar-refractivity contribution >= 4 is 11.9 Å². The van der Waals surface area contributed by atoms with Crippen molar-refractivity contribution in [3.8, 4) is 0 Å². The fourth-order valence-electron chi connectivity index (χ4n) is 1.18. The van der Waals surface area contributed by atoms with Gasteiger partial charge in [-0.3, -0.25) is 9.59 Å². The zero-order chi connectivity index (χ0) is 12.6. The molecule has 0 saturated heterocycles. The van der Waals surface area contributed by atoms with Crippen LogP contribution in [0.15, 0.2) is 24.8 Å². The molecule has 0 amide bonds. The summed E-state index contributed by atoms with van der Waals surface area (Å²) in [4.78, 5) is 23.0. The smallest absolute Gasteiger partial charge is 0.326 e. The standard InChI is InChI=1S/C12H18O4/c1-5-6-7-8-9-12(2,10(13)15-3)11(14)16-4/h5,8-9H,1,6-7H2,2-4H3/b9-8+. The SMILES string of the molecule is C=CCC/C=C/C(C)(C(=O)OC)C(=O)OC. The van der Waals surface area contributed by atoms with Crippen molar-refractivity contribution in [2.45, 2.75) is 19.8 Å². The Balaban J connectivity index is 4.80. The number of rotatable bonds is 6. The molecule has 0 bridgehead atoms. The van der Waals surface area contributed by atoms with E-state index in [1.165, 1.54) is 27.2 Å². The Morgan fingerprint density at radius 1 is 1.19 bits per heavy atom. The normalized spacial score (nSPS) is 11.2. The molecular formula is C12H18O4. The Morgan fingerprint density at radius 2 is 1.69 bits per heavy atom. The van der Waals surface area contributed by atoms with Gasteiger partial charge in [-0.15, -0.1) is 6.58 Å². The number of hydrogen-bond acceptors (Lipinski definition) is 4. The number of ether oxygens (including phenoxy) is 2. The van der Waals surface area contributed by atoms with Gasteiger partial charge < -0.3 is 9.47 Å². The van der Waals surface area contributed by atoms with E-state index in [1.54, 1.807) is 12.2 Å². The lowest BCUT2D eigenvalue weighted by Crippen LogP contribution is -2.36. The summed E-state index contributed by atoms with van der Waals surface area (Å²) in [5.74, 6) is -1.26. The molecule has 0 aliphatic rings. The van der Waals surface area contributed by atoms with Crippen LogP contribution in [0.3, 0.4) is 0 Å². The minimum Gasteiger partial charge on any atom is -0.468 e. The molecule has 0 rings (SSSR count). The molecule has 0 aromatic carbocycles. The molecule has 4 nitrogen and oxygen atoms in total.